The largest absolute Gasteiger partial charge is 0.481 e. The van der Waals surface area contributed by atoms with Crippen molar-refractivity contribution < 1.29 is 29.4 Å². The lowest BCUT2D eigenvalue weighted by atomic mass is 9.98. The van der Waals surface area contributed by atoms with Gasteiger partial charge in [0.2, 0.25) is 5.12 Å². The maximum atomic E-state index is 13.9. The van der Waals surface area contributed by atoms with Crippen LogP contribution in [-0.4, -0.2) is 60.6 Å². The van der Waals surface area contributed by atoms with Crippen molar-refractivity contribution in [1.29, 1.82) is 0 Å². The molecule has 4 aromatic carbocycles. The molecule has 0 saturated heterocycles. The smallest absolute Gasteiger partial charge is 0.336 e. The monoisotopic (exact) mass is 706 g/mol. The fraction of sp³-hybridized carbons (Fsp3) is 0.275. The van der Waals surface area contributed by atoms with Crippen molar-refractivity contribution in [1.82, 2.24) is 14.9 Å². The topological polar surface area (TPSA) is 165 Å². The molecule has 1 amide bonds. The zero-order valence-corrected chi connectivity index (χ0v) is 29.5. The van der Waals surface area contributed by atoms with E-state index in [-0.39, 0.29) is 35.2 Å². The van der Waals surface area contributed by atoms with Crippen LogP contribution in [0.25, 0.3) is 22.2 Å². The van der Waals surface area contributed by atoms with E-state index in [2.05, 4.69) is 16.8 Å². The average Bonchev–Trinajstić information content (AvgIpc) is 3.47. The lowest BCUT2D eigenvalue weighted by molar-refractivity contribution is -0.137. The maximum absolute atomic E-state index is 13.9. The number of nitrogens with two attached hydrogens (primary N) is 1. The van der Waals surface area contributed by atoms with Crippen LogP contribution in [0, 0.1) is 6.92 Å². The van der Waals surface area contributed by atoms with Gasteiger partial charge in [0, 0.05) is 36.7 Å². The summed E-state index contributed by atoms with van der Waals surface area (Å²) in [4.78, 5) is 54.3. The number of nitrogens with one attached hydrogen (secondary N) is 1. The highest BCUT2D eigenvalue weighted by atomic mass is 32.2. The number of benzene rings is 4. The van der Waals surface area contributed by atoms with Gasteiger partial charge in [-0.15, -0.1) is 0 Å². The van der Waals surface area contributed by atoms with Gasteiger partial charge in [0.05, 0.1) is 22.6 Å². The van der Waals surface area contributed by atoms with Gasteiger partial charge in [-0.25, -0.2) is 9.78 Å². The molecular formula is C40H42N4O6S. The summed E-state index contributed by atoms with van der Waals surface area (Å²) in [5, 5.41) is 21.5. The van der Waals surface area contributed by atoms with E-state index in [1.165, 1.54) is 0 Å². The Hall–Kier alpha value is -5.26. The third-order valence-corrected chi connectivity index (χ3v) is 9.84. The molecule has 0 bridgehead atoms. The second kappa shape index (κ2) is 17.1. The number of carboxylic acids is 2. The third-order valence-electron chi connectivity index (χ3n) is 8.68. The summed E-state index contributed by atoms with van der Waals surface area (Å²) in [6.07, 6.45) is 1.98. The van der Waals surface area contributed by atoms with Crippen LogP contribution in [0.15, 0.2) is 91.0 Å². The number of aryl methyl sites for hydroxylation is 2. The minimum absolute atomic E-state index is 0.0483. The van der Waals surface area contributed by atoms with Crippen LogP contribution in [0.3, 0.4) is 0 Å². The zero-order valence-electron chi connectivity index (χ0n) is 28.7. The van der Waals surface area contributed by atoms with Gasteiger partial charge in [0.25, 0.3) is 5.91 Å². The number of thioether (sulfide) groups is 1. The minimum Gasteiger partial charge on any atom is -0.481 e. The van der Waals surface area contributed by atoms with Crippen LogP contribution in [-0.2, 0) is 29.0 Å². The van der Waals surface area contributed by atoms with Crippen LogP contribution in [0.2, 0.25) is 0 Å². The number of carbonyl (C=O) groups excluding carboxylic acids is 2. The lowest BCUT2D eigenvalue weighted by Gasteiger charge is -2.20. The average molecular weight is 707 g/mol. The Morgan fingerprint density at radius 2 is 1.63 bits per heavy atom. The summed E-state index contributed by atoms with van der Waals surface area (Å²) in [7, 11) is 0. The fourth-order valence-corrected chi connectivity index (χ4v) is 6.96. The Balaban J connectivity index is 1.40. The van der Waals surface area contributed by atoms with Gasteiger partial charge in [0.1, 0.15) is 5.82 Å². The van der Waals surface area contributed by atoms with Gasteiger partial charge in [-0.2, -0.15) is 0 Å². The molecule has 1 aromatic heterocycles. The zero-order chi connectivity index (χ0) is 36.5. The molecule has 11 heteroatoms. The molecule has 0 unspecified atom stereocenters. The van der Waals surface area contributed by atoms with Gasteiger partial charge >= 0.3 is 11.9 Å². The number of aromatic nitrogens is 2. The van der Waals surface area contributed by atoms with Crippen LogP contribution in [0.5, 0.6) is 0 Å². The number of imidazole rings is 1. The Labute approximate surface area is 301 Å². The molecule has 5 aromatic rings. The normalized spacial score (nSPS) is 12.4. The molecule has 0 aliphatic rings. The van der Waals surface area contributed by atoms with E-state index in [0.29, 0.717) is 24.1 Å². The van der Waals surface area contributed by atoms with Crippen LogP contribution in [0.1, 0.15) is 69.4 Å². The predicted octanol–water partition coefficient (Wildman–Crippen LogP) is 6.50. The number of amides is 1. The highest BCUT2D eigenvalue weighted by molar-refractivity contribution is 8.13. The predicted molar refractivity (Wildman–Crippen MR) is 200 cm³/mol. The van der Waals surface area contributed by atoms with Gasteiger partial charge in [-0.05, 0) is 72.2 Å². The van der Waals surface area contributed by atoms with Crippen LogP contribution < -0.4 is 11.1 Å². The SMILES string of the molecule is CCCc1nc2c(C)cc(C(=O)N[C@@H](CSC(=O)[C@@H](N)CCC(=O)O)Cc3ccccc3)cc2n1Cc1ccc(-c2ccccc2C(=O)O)cc1. The van der Waals surface area contributed by atoms with Gasteiger partial charge in [-0.3, -0.25) is 14.4 Å². The fourth-order valence-electron chi connectivity index (χ4n) is 6.06. The second-order valence-electron chi connectivity index (χ2n) is 12.6. The van der Waals surface area contributed by atoms with Gasteiger partial charge < -0.3 is 25.8 Å². The molecule has 1 heterocycles. The number of nitrogens with zero attached hydrogens (tertiary/aromatic N) is 2. The van der Waals surface area contributed by atoms with Crippen molar-refractivity contribution in [2.24, 2.45) is 5.73 Å². The van der Waals surface area contributed by atoms with E-state index in [1.807, 2.05) is 79.7 Å². The first-order valence-corrected chi connectivity index (χ1v) is 17.9. The first-order chi connectivity index (χ1) is 24.5. The van der Waals surface area contributed by atoms with E-state index >= 15 is 0 Å². The molecule has 5 rings (SSSR count). The van der Waals surface area contributed by atoms with E-state index in [1.54, 1.807) is 18.2 Å². The van der Waals surface area contributed by atoms with E-state index in [9.17, 15) is 24.3 Å². The molecule has 2 atom stereocenters. The standard InChI is InChI=1S/C40H42N4O6S/c1-3-9-35-43-37-25(2)20-29(22-34(37)44(35)23-27-14-16-28(17-15-27)31-12-7-8-13-32(31)39(48)49)38(47)42-30(21-26-10-5-4-6-11-26)24-51-40(50)33(41)18-19-36(45)46/h4-8,10-17,20,22,30,33H,3,9,18-19,21,23-24,41H2,1-2H3,(H,42,47)(H,45,46)(H,48,49)/t30-,33+/m1/s1. The van der Waals surface area contributed by atoms with Crippen LogP contribution in [0.4, 0.5) is 0 Å². The number of rotatable bonds is 16. The first-order valence-electron chi connectivity index (χ1n) is 16.9. The van der Waals surface area contributed by atoms with Crippen molar-refractivity contribution in [2.75, 3.05) is 5.75 Å². The van der Waals surface area contributed by atoms with Crippen molar-refractivity contribution in [3.8, 4) is 11.1 Å². The summed E-state index contributed by atoms with van der Waals surface area (Å²) < 4.78 is 2.14. The minimum atomic E-state index is -1.01. The van der Waals surface area contributed by atoms with Gasteiger partial charge in [-0.1, -0.05) is 91.5 Å². The number of carboxylic acid groups (broad SMARTS) is 2. The Morgan fingerprint density at radius 1 is 0.922 bits per heavy atom. The van der Waals surface area contributed by atoms with E-state index in [0.717, 1.165) is 63.7 Å². The summed E-state index contributed by atoms with van der Waals surface area (Å²) in [5.41, 5.74) is 12.6. The molecule has 0 aliphatic heterocycles. The number of fused-ring (bicyclic) bond motifs is 1. The number of aliphatic carboxylic acids is 1. The molecule has 5 N–H and O–H groups in total. The number of hydrogen-bond acceptors (Lipinski definition) is 7. The Bertz CT molecular complexity index is 2030. The molecule has 0 radical (unpaired) electrons. The molecule has 10 nitrogen and oxygen atoms in total. The number of aromatic carboxylic acids is 1. The number of hydrogen-bond donors (Lipinski definition) is 4. The third kappa shape index (κ3) is 9.50. The summed E-state index contributed by atoms with van der Waals surface area (Å²) in [5.74, 6) is -1.09. The summed E-state index contributed by atoms with van der Waals surface area (Å²) in [6.45, 7) is 4.54. The van der Waals surface area contributed by atoms with E-state index in [4.69, 9.17) is 15.8 Å². The molecule has 0 saturated carbocycles. The molecule has 0 fully saturated rings. The molecule has 0 spiro atoms. The number of carbonyl (C=O) groups is 4. The van der Waals surface area contributed by atoms with Crippen molar-refractivity contribution >= 4 is 45.8 Å². The maximum Gasteiger partial charge on any atom is 0.336 e. The molecule has 264 valence electrons. The Kier molecular flexibility index (Phi) is 12.4. The highest BCUT2D eigenvalue weighted by Crippen LogP contribution is 2.27. The van der Waals surface area contributed by atoms with Crippen molar-refractivity contribution in [3.05, 3.63) is 125 Å². The van der Waals surface area contributed by atoms with Crippen molar-refractivity contribution in [2.45, 2.75) is 64.6 Å². The summed E-state index contributed by atoms with van der Waals surface area (Å²) in [6, 6.07) is 26.8. The van der Waals surface area contributed by atoms with Gasteiger partial charge in [0.15, 0.2) is 0 Å². The molecular weight excluding hydrogens is 665 g/mol. The lowest BCUT2D eigenvalue weighted by Crippen LogP contribution is -2.39. The first kappa shape index (κ1) is 37.0. The second-order valence-corrected chi connectivity index (χ2v) is 13.6. The van der Waals surface area contributed by atoms with Crippen molar-refractivity contribution in [3.63, 3.8) is 0 Å². The quantitative estimate of drug-likeness (QED) is 0.0896. The summed E-state index contributed by atoms with van der Waals surface area (Å²) >= 11 is 1.01. The molecule has 51 heavy (non-hydrogen) atoms. The molecule has 0 aliphatic carbocycles. The van der Waals surface area contributed by atoms with E-state index < -0.39 is 24.0 Å². The highest BCUT2D eigenvalue weighted by Gasteiger charge is 2.22. The van der Waals surface area contributed by atoms with Crippen LogP contribution >= 0.6 is 11.8 Å². The Morgan fingerprint density at radius 3 is 2.31 bits per heavy atom.